The number of carbonyl (C=O) groups is 2. The lowest BCUT2D eigenvalue weighted by atomic mass is 9.77. The number of amidine groups is 1. The molecule has 2 aliphatic heterocycles. The fourth-order valence-electron chi connectivity index (χ4n) is 3.32. The lowest BCUT2D eigenvalue weighted by Crippen LogP contribution is -2.38. The molecule has 120 valence electrons. The van der Waals surface area contributed by atoms with E-state index in [0.717, 1.165) is 6.42 Å². The van der Waals surface area contributed by atoms with Crippen molar-refractivity contribution in [3.63, 3.8) is 0 Å². The van der Waals surface area contributed by atoms with E-state index in [4.69, 9.17) is 5.73 Å². The van der Waals surface area contributed by atoms with Crippen molar-refractivity contribution < 1.29 is 14.7 Å². The molecule has 1 saturated carbocycles. The minimum absolute atomic E-state index is 0.0301. The molecule has 0 radical (unpaired) electrons. The predicted octanol–water partition coefficient (Wildman–Crippen LogP) is 1.22. The summed E-state index contributed by atoms with van der Waals surface area (Å²) in [4.78, 5) is 37.2. The van der Waals surface area contributed by atoms with Crippen LogP contribution in [0, 0.1) is 5.92 Å². The summed E-state index contributed by atoms with van der Waals surface area (Å²) in [6, 6.07) is 6.39. The van der Waals surface area contributed by atoms with Gasteiger partial charge in [-0.15, -0.1) is 0 Å². The quantitative estimate of drug-likeness (QED) is 0.808. The van der Waals surface area contributed by atoms with Crippen LogP contribution in [0.25, 0.3) is 5.57 Å². The van der Waals surface area contributed by atoms with Gasteiger partial charge in [0.05, 0.1) is 5.71 Å². The first kappa shape index (κ1) is 14.5. The smallest absolute Gasteiger partial charge is 0.264 e. The summed E-state index contributed by atoms with van der Waals surface area (Å²) in [5, 5.41) is 9.52. The Labute approximate surface area is 137 Å². The van der Waals surface area contributed by atoms with Crippen molar-refractivity contribution in [2.75, 3.05) is 0 Å². The Morgan fingerprint density at radius 1 is 1.04 bits per heavy atom. The van der Waals surface area contributed by atoms with Gasteiger partial charge in [0.2, 0.25) is 5.96 Å². The molecule has 1 aromatic carbocycles. The third-order valence-corrected chi connectivity index (χ3v) is 4.33. The number of nitrogens with two attached hydrogens (primary N) is 1. The Balaban J connectivity index is 1.98. The number of dihydropyridines is 1. The zero-order valence-electron chi connectivity index (χ0n) is 12.7. The Morgan fingerprint density at radius 2 is 1.79 bits per heavy atom. The highest BCUT2D eigenvalue weighted by Gasteiger charge is 2.41. The summed E-state index contributed by atoms with van der Waals surface area (Å²) in [6.45, 7) is 0. The second kappa shape index (κ2) is 5.23. The summed E-state index contributed by atoms with van der Waals surface area (Å²) in [7, 11) is 0. The molecule has 0 aromatic heterocycles. The Morgan fingerprint density at radius 3 is 2.54 bits per heavy atom. The van der Waals surface area contributed by atoms with Gasteiger partial charge in [0.1, 0.15) is 17.5 Å². The molecule has 1 atom stereocenters. The fraction of sp³-hybridized carbons (Fsp3) is 0.235. The molecule has 0 saturated heterocycles. The molecule has 3 aliphatic rings. The highest BCUT2D eigenvalue weighted by atomic mass is 16.3. The number of allylic oxidation sites excluding steroid dienone is 1. The van der Waals surface area contributed by atoms with Crippen LogP contribution in [-0.4, -0.2) is 34.3 Å². The summed E-state index contributed by atoms with van der Waals surface area (Å²) < 4.78 is 0. The first-order chi connectivity index (χ1) is 11.5. The largest absolute Gasteiger partial charge is 0.508 e. The van der Waals surface area contributed by atoms with Crippen LogP contribution in [-0.2, 0) is 9.59 Å². The number of rotatable bonds is 1. The number of phenols is 1. The molecular formula is C17H14N4O3. The molecule has 1 fully saturated rings. The molecule has 2 heterocycles. The van der Waals surface area contributed by atoms with E-state index in [2.05, 4.69) is 15.0 Å². The standard InChI is InChI=1S/C17H14N4O3/c18-17-20-15-14(16(24)21-17)12(8-4-6-9(22)7-5-8)13-10(19-15)2-1-3-11(13)23/h4-7,14,22H,1-3H2,(H2,18,21,24). The number of ketones is 1. The molecule has 1 amide bonds. The number of hydrogen-bond acceptors (Lipinski definition) is 6. The molecule has 1 aliphatic carbocycles. The normalized spacial score (nSPS) is 23.2. The SMILES string of the molecule is NC1=NC(=O)C2C(=N1)N=C1CCCC(=O)C1=C2c1ccc(O)cc1. The summed E-state index contributed by atoms with van der Waals surface area (Å²) in [6.07, 6.45) is 1.80. The van der Waals surface area contributed by atoms with Gasteiger partial charge in [-0.25, -0.2) is 4.99 Å². The number of benzene rings is 1. The van der Waals surface area contributed by atoms with Crippen molar-refractivity contribution in [1.82, 2.24) is 0 Å². The van der Waals surface area contributed by atoms with Crippen LogP contribution in [0.5, 0.6) is 5.75 Å². The molecule has 7 heteroatoms. The van der Waals surface area contributed by atoms with E-state index in [-0.39, 0.29) is 23.3 Å². The van der Waals surface area contributed by atoms with E-state index in [1.165, 1.54) is 12.1 Å². The lowest BCUT2D eigenvalue weighted by molar-refractivity contribution is -0.118. The minimum Gasteiger partial charge on any atom is -0.508 e. The number of amides is 1. The van der Waals surface area contributed by atoms with E-state index >= 15 is 0 Å². The van der Waals surface area contributed by atoms with Crippen molar-refractivity contribution in [1.29, 1.82) is 0 Å². The van der Waals surface area contributed by atoms with Gasteiger partial charge in [-0.3, -0.25) is 9.59 Å². The highest BCUT2D eigenvalue weighted by molar-refractivity contribution is 6.37. The van der Waals surface area contributed by atoms with Crippen molar-refractivity contribution in [3.05, 3.63) is 35.4 Å². The van der Waals surface area contributed by atoms with Gasteiger partial charge in [0.15, 0.2) is 5.78 Å². The van der Waals surface area contributed by atoms with E-state index in [1.807, 2.05) is 0 Å². The minimum atomic E-state index is -0.831. The average Bonchev–Trinajstić information content (AvgIpc) is 2.54. The Hall–Kier alpha value is -3.09. The average molecular weight is 322 g/mol. The van der Waals surface area contributed by atoms with Crippen LogP contribution >= 0.6 is 0 Å². The van der Waals surface area contributed by atoms with Crippen LogP contribution in [0.3, 0.4) is 0 Å². The number of Topliss-reactive ketones (excluding diaryl/α,β-unsaturated/α-hetero) is 1. The second-order valence-electron chi connectivity index (χ2n) is 5.88. The molecule has 0 bridgehead atoms. The van der Waals surface area contributed by atoms with Gasteiger partial charge in [0, 0.05) is 12.0 Å². The fourth-order valence-corrected chi connectivity index (χ4v) is 3.32. The monoisotopic (exact) mass is 322 g/mol. The maximum atomic E-state index is 12.5. The molecule has 3 N–H and O–H groups in total. The third kappa shape index (κ3) is 2.17. The molecule has 7 nitrogen and oxygen atoms in total. The number of hydrogen-bond donors (Lipinski definition) is 2. The van der Waals surface area contributed by atoms with Crippen molar-refractivity contribution in [2.24, 2.45) is 26.6 Å². The van der Waals surface area contributed by atoms with Crippen molar-refractivity contribution in [3.8, 4) is 5.75 Å². The number of aromatic hydroxyl groups is 1. The maximum absolute atomic E-state index is 12.5. The van der Waals surface area contributed by atoms with Crippen LogP contribution in [0.15, 0.2) is 44.8 Å². The number of guanidine groups is 1. The van der Waals surface area contributed by atoms with Gasteiger partial charge < -0.3 is 10.8 Å². The van der Waals surface area contributed by atoms with Crippen LogP contribution in [0.1, 0.15) is 24.8 Å². The van der Waals surface area contributed by atoms with E-state index in [1.54, 1.807) is 12.1 Å². The zero-order chi connectivity index (χ0) is 16.8. The molecule has 1 unspecified atom stereocenters. The van der Waals surface area contributed by atoms with Gasteiger partial charge in [-0.05, 0) is 36.1 Å². The molecule has 1 aromatic rings. The number of carbonyl (C=O) groups excluding carboxylic acids is 2. The molecule has 4 rings (SSSR count). The second-order valence-corrected chi connectivity index (χ2v) is 5.88. The summed E-state index contributed by atoms with van der Waals surface area (Å²) in [5.41, 5.74) is 7.95. The molecule has 24 heavy (non-hydrogen) atoms. The highest BCUT2D eigenvalue weighted by Crippen LogP contribution is 2.38. The first-order valence-electron chi connectivity index (χ1n) is 7.66. The zero-order valence-corrected chi connectivity index (χ0v) is 12.7. The van der Waals surface area contributed by atoms with Gasteiger partial charge in [-0.1, -0.05) is 12.1 Å². The van der Waals surface area contributed by atoms with Gasteiger partial charge in [0.25, 0.3) is 5.91 Å². The Kier molecular flexibility index (Phi) is 3.16. The number of nitrogens with zero attached hydrogens (tertiary/aromatic N) is 3. The molecular weight excluding hydrogens is 308 g/mol. The summed E-state index contributed by atoms with van der Waals surface area (Å²) in [5.74, 6) is -1.07. The third-order valence-electron chi connectivity index (χ3n) is 4.33. The van der Waals surface area contributed by atoms with Gasteiger partial charge >= 0.3 is 0 Å². The van der Waals surface area contributed by atoms with Crippen molar-refractivity contribution >= 4 is 34.8 Å². The summed E-state index contributed by atoms with van der Waals surface area (Å²) >= 11 is 0. The predicted molar refractivity (Wildman–Crippen MR) is 88.9 cm³/mol. The van der Waals surface area contributed by atoms with E-state index in [9.17, 15) is 14.7 Å². The lowest BCUT2D eigenvalue weighted by Gasteiger charge is -2.30. The van der Waals surface area contributed by atoms with E-state index in [0.29, 0.717) is 35.3 Å². The number of aliphatic imine (C=N–C) groups is 3. The topological polar surface area (TPSA) is 117 Å². The molecule has 0 spiro atoms. The van der Waals surface area contributed by atoms with Crippen molar-refractivity contribution in [2.45, 2.75) is 19.3 Å². The number of phenolic OH excluding ortho intramolecular Hbond substituents is 1. The maximum Gasteiger partial charge on any atom is 0.264 e. The van der Waals surface area contributed by atoms with Gasteiger partial charge in [-0.2, -0.15) is 9.98 Å². The first-order valence-corrected chi connectivity index (χ1v) is 7.66. The van der Waals surface area contributed by atoms with Crippen LogP contribution < -0.4 is 5.73 Å². The number of fused-ring (bicyclic) bond motifs is 2. The van der Waals surface area contributed by atoms with Crippen LogP contribution in [0.2, 0.25) is 0 Å². The Bertz CT molecular complexity index is 891. The van der Waals surface area contributed by atoms with Crippen LogP contribution in [0.4, 0.5) is 0 Å². The van der Waals surface area contributed by atoms with E-state index < -0.39 is 11.8 Å².